The average Bonchev–Trinajstić information content (AvgIpc) is 2.44. The molecule has 98 valence electrons. The zero-order valence-corrected chi connectivity index (χ0v) is 11.0. The molecule has 0 spiro atoms. The van der Waals surface area contributed by atoms with Gasteiger partial charge in [-0.3, -0.25) is 0 Å². The maximum atomic E-state index is 10.1. The Morgan fingerprint density at radius 1 is 0.947 bits per heavy atom. The highest BCUT2D eigenvalue weighted by Gasteiger charge is 2.23. The lowest BCUT2D eigenvalue weighted by molar-refractivity contribution is 0.151. The van der Waals surface area contributed by atoms with E-state index in [2.05, 4.69) is 13.0 Å². The first-order valence-electron chi connectivity index (χ1n) is 6.79. The molecule has 2 aromatic rings. The van der Waals surface area contributed by atoms with E-state index >= 15 is 0 Å². The van der Waals surface area contributed by atoms with Gasteiger partial charge in [0.25, 0.3) is 0 Å². The molecule has 2 nitrogen and oxygen atoms in total. The van der Waals surface area contributed by atoms with Gasteiger partial charge in [-0.1, -0.05) is 31.2 Å². The van der Waals surface area contributed by atoms with Crippen LogP contribution in [0.4, 0.5) is 0 Å². The number of hydrogen-bond donors (Lipinski definition) is 1. The van der Waals surface area contributed by atoms with Gasteiger partial charge in [0.2, 0.25) is 0 Å². The maximum Gasteiger partial charge on any atom is 0.127 e. The number of aliphatic hydroxyl groups excluding tert-OH is 1. The third-order valence-corrected chi connectivity index (χ3v) is 3.80. The van der Waals surface area contributed by atoms with Crippen LogP contribution in [0.2, 0.25) is 0 Å². The Balaban J connectivity index is 1.91. The third kappa shape index (κ3) is 2.49. The fraction of sp³-hybridized carbons (Fsp3) is 0.294. The molecule has 2 atom stereocenters. The average molecular weight is 254 g/mol. The van der Waals surface area contributed by atoms with Gasteiger partial charge in [-0.25, -0.2) is 0 Å². The quantitative estimate of drug-likeness (QED) is 0.860. The van der Waals surface area contributed by atoms with Gasteiger partial charge in [0, 0.05) is 0 Å². The molecule has 0 saturated carbocycles. The van der Waals surface area contributed by atoms with Crippen LogP contribution < -0.4 is 4.74 Å². The first kappa shape index (κ1) is 12.2. The van der Waals surface area contributed by atoms with Crippen LogP contribution in [0.5, 0.6) is 11.5 Å². The molecule has 2 heteroatoms. The summed E-state index contributed by atoms with van der Waals surface area (Å²) in [5, 5.41) is 10.1. The molecule has 0 aromatic heterocycles. The minimum absolute atomic E-state index is 0.356. The molecule has 0 bridgehead atoms. The van der Waals surface area contributed by atoms with Crippen molar-refractivity contribution in [1.82, 2.24) is 0 Å². The largest absolute Gasteiger partial charge is 0.457 e. The molecule has 0 fully saturated rings. The molecule has 0 radical (unpaired) electrons. The SMILES string of the molecule is CC1CC[C@H](O)c2cc(Oc3ccccc3)ccc21. The van der Waals surface area contributed by atoms with Crippen molar-refractivity contribution in [3.63, 3.8) is 0 Å². The van der Waals surface area contributed by atoms with E-state index in [4.69, 9.17) is 4.74 Å². The van der Waals surface area contributed by atoms with Crippen molar-refractivity contribution in [2.75, 3.05) is 0 Å². The highest BCUT2D eigenvalue weighted by atomic mass is 16.5. The van der Waals surface area contributed by atoms with E-state index in [9.17, 15) is 5.11 Å². The van der Waals surface area contributed by atoms with Crippen LogP contribution in [-0.2, 0) is 0 Å². The van der Waals surface area contributed by atoms with Crippen molar-refractivity contribution in [1.29, 1.82) is 0 Å². The second-order valence-corrected chi connectivity index (χ2v) is 5.20. The molecular formula is C17H18O2. The highest BCUT2D eigenvalue weighted by Crippen LogP contribution is 2.39. The molecule has 1 N–H and O–H groups in total. The summed E-state index contributed by atoms with van der Waals surface area (Å²) >= 11 is 0. The number of aliphatic hydroxyl groups is 1. The molecule has 0 heterocycles. The highest BCUT2D eigenvalue weighted by molar-refractivity contribution is 5.42. The lowest BCUT2D eigenvalue weighted by Gasteiger charge is -2.27. The summed E-state index contributed by atoms with van der Waals surface area (Å²) in [5.74, 6) is 2.13. The fourth-order valence-corrected chi connectivity index (χ4v) is 2.70. The maximum absolute atomic E-state index is 10.1. The topological polar surface area (TPSA) is 29.5 Å². The van der Waals surface area contributed by atoms with Crippen LogP contribution in [0.25, 0.3) is 0 Å². The van der Waals surface area contributed by atoms with Crippen LogP contribution >= 0.6 is 0 Å². The first-order valence-corrected chi connectivity index (χ1v) is 6.79. The standard InChI is InChI=1S/C17H18O2/c1-12-7-10-17(18)16-11-14(8-9-15(12)16)19-13-5-3-2-4-6-13/h2-6,8-9,11-12,17-18H,7,10H2,1H3/t12?,17-/m0/s1. The van der Waals surface area contributed by atoms with Crippen molar-refractivity contribution >= 4 is 0 Å². The Morgan fingerprint density at radius 2 is 1.74 bits per heavy atom. The van der Waals surface area contributed by atoms with Gasteiger partial charge >= 0.3 is 0 Å². The molecule has 1 unspecified atom stereocenters. The van der Waals surface area contributed by atoms with E-state index < -0.39 is 0 Å². The normalized spacial score (nSPS) is 21.8. The Hall–Kier alpha value is -1.80. The van der Waals surface area contributed by atoms with Crippen LogP contribution in [0.3, 0.4) is 0 Å². The Kier molecular flexibility index (Phi) is 3.26. The van der Waals surface area contributed by atoms with Crippen molar-refractivity contribution in [3.8, 4) is 11.5 Å². The van der Waals surface area contributed by atoms with Crippen molar-refractivity contribution in [3.05, 3.63) is 59.7 Å². The summed E-state index contributed by atoms with van der Waals surface area (Å²) in [4.78, 5) is 0. The lowest BCUT2D eigenvalue weighted by atomic mass is 9.82. The monoisotopic (exact) mass is 254 g/mol. The Bertz CT molecular complexity index is 563. The van der Waals surface area contributed by atoms with Crippen LogP contribution in [0, 0.1) is 0 Å². The summed E-state index contributed by atoms with van der Waals surface area (Å²) < 4.78 is 5.82. The smallest absolute Gasteiger partial charge is 0.127 e. The Morgan fingerprint density at radius 3 is 2.53 bits per heavy atom. The molecular weight excluding hydrogens is 236 g/mol. The van der Waals surface area contributed by atoms with Crippen molar-refractivity contribution < 1.29 is 9.84 Å². The minimum atomic E-state index is -0.356. The van der Waals surface area contributed by atoms with E-state index in [0.29, 0.717) is 5.92 Å². The van der Waals surface area contributed by atoms with Gasteiger partial charge in [-0.15, -0.1) is 0 Å². The fourth-order valence-electron chi connectivity index (χ4n) is 2.70. The predicted octanol–water partition coefficient (Wildman–Crippen LogP) is 4.41. The molecule has 1 aliphatic carbocycles. The second kappa shape index (κ2) is 5.06. The summed E-state index contributed by atoms with van der Waals surface area (Å²) in [6.07, 6.45) is 1.53. The predicted molar refractivity (Wildman–Crippen MR) is 75.6 cm³/mol. The molecule has 19 heavy (non-hydrogen) atoms. The van der Waals surface area contributed by atoms with Crippen LogP contribution in [-0.4, -0.2) is 5.11 Å². The van der Waals surface area contributed by atoms with Gasteiger partial charge in [-0.05, 0) is 54.2 Å². The van der Waals surface area contributed by atoms with Gasteiger partial charge in [0.05, 0.1) is 6.10 Å². The zero-order chi connectivity index (χ0) is 13.2. The molecule has 2 aromatic carbocycles. The van der Waals surface area contributed by atoms with E-state index in [1.807, 2.05) is 42.5 Å². The number of rotatable bonds is 2. The van der Waals surface area contributed by atoms with E-state index in [0.717, 1.165) is 29.9 Å². The Labute approximate surface area is 113 Å². The minimum Gasteiger partial charge on any atom is -0.457 e. The summed E-state index contributed by atoms with van der Waals surface area (Å²) in [6.45, 7) is 2.21. The van der Waals surface area contributed by atoms with E-state index in [1.54, 1.807) is 0 Å². The number of fused-ring (bicyclic) bond motifs is 1. The number of para-hydroxylation sites is 1. The van der Waals surface area contributed by atoms with Gasteiger partial charge in [0.1, 0.15) is 11.5 Å². The number of benzene rings is 2. The first-order chi connectivity index (χ1) is 9.24. The van der Waals surface area contributed by atoms with Gasteiger partial charge in [-0.2, -0.15) is 0 Å². The van der Waals surface area contributed by atoms with Crippen molar-refractivity contribution in [2.24, 2.45) is 0 Å². The second-order valence-electron chi connectivity index (χ2n) is 5.20. The molecule has 0 amide bonds. The summed E-state index contributed by atoms with van der Waals surface area (Å²) in [5.41, 5.74) is 2.27. The van der Waals surface area contributed by atoms with E-state index in [-0.39, 0.29) is 6.10 Å². The molecule has 0 saturated heterocycles. The lowest BCUT2D eigenvalue weighted by Crippen LogP contribution is -2.12. The van der Waals surface area contributed by atoms with Crippen LogP contribution in [0.1, 0.15) is 42.9 Å². The molecule has 3 rings (SSSR count). The van der Waals surface area contributed by atoms with Crippen molar-refractivity contribution in [2.45, 2.75) is 31.8 Å². The van der Waals surface area contributed by atoms with Gasteiger partial charge in [0.15, 0.2) is 0 Å². The number of hydrogen-bond acceptors (Lipinski definition) is 2. The summed E-state index contributed by atoms with van der Waals surface area (Å²) in [7, 11) is 0. The molecule has 1 aliphatic rings. The molecule has 0 aliphatic heterocycles. The summed E-state index contributed by atoms with van der Waals surface area (Å²) in [6, 6.07) is 15.8. The zero-order valence-electron chi connectivity index (χ0n) is 11.0. The van der Waals surface area contributed by atoms with E-state index in [1.165, 1.54) is 5.56 Å². The third-order valence-electron chi connectivity index (χ3n) is 3.80. The van der Waals surface area contributed by atoms with Crippen LogP contribution in [0.15, 0.2) is 48.5 Å². The van der Waals surface area contributed by atoms with Gasteiger partial charge < -0.3 is 9.84 Å². The number of ether oxygens (including phenoxy) is 1.